The number of rotatable bonds is 2. The Morgan fingerprint density at radius 3 is 1.96 bits per heavy atom. The zero-order valence-corrected chi connectivity index (χ0v) is 13.8. The number of benzene rings is 3. The van der Waals surface area contributed by atoms with E-state index in [1.54, 1.807) is 0 Å². The third kappa shape index (κ3) is 2.28. The van der Waals surface area contributed by atoms with Gasteiger partial charge >= 0.3 is 0 Å². The second-order valence-corrected chi connectivity index (χ2v) is 6.43. The summed E-state index contributed by atoms with van der Waals surface area (Å²) in [7, 11) is 0. The maximum atomic E-state index is 4.84. The van der Waals surface area contributed by atoms with Crippen LogP contribution in [0.5, 0.6) is 0 Å². The van der Waals surface area contributed by atoms with Crippen LogP contribution in [0.4, 0.5) is 0 Å². The molecule has 0 fully saturated rings. The van der Waals surface area contributed by atoms with Crippen molar-refractivity contribution in [3.8, 4) is 33.4 Å². The van der Waals surface area contributed by atoms with Gasteiger partial charge in [-0.3, -0.25) is 4.98 Å². The molecule has 4 aromatic rings. The van der Waals surface area contributed by atoms with E-state index in [2.05, 4.69) is 84.9 Å². The van der Waals surface area contributed by atoms with E-state index in [1.807, 2.05) is 6.20 Å². The lowest BCUT2D eigenvalue weighted by atomic mass is 9.90. The predicted molar refractivity (Wildman–Crippen MR) is 103 cm³/mol. The molecule has 25 heavy (non-hydrogen) atoms. The smallest absolute Gasteiger partial charge is 0.0532 e. The van der Waals surface area contributed by atoms with E-state index in [0.717, 1.165) is 6.42 Å². The van der Waals surface area contributed by atoms with Gasteiger partial charge in [0.25, 0.3) is 0 Å². The van der Waals surface area contributed by atoms with Gasteiger partial charge in [0, 0.05) is 29.3 Å². The number of hydrogen-bond acceptors (Lipinski definition) is 1. The Morgan fingerprint density at radius 2 is 1.20 bits per heavy atom. The monoisotopic (exact) mass is 319 g/mol. The topological polar surface area (TPSA) is 12.9 Å². The zero-order valence-electron chi connectivity index (χ0n) is 13.8. The van der Waals surface area contributed by atoms with Crippen LogP contribution in [0.15, 0.2) is 91.1 Å². The summed E-state index contributed by atoms with van der Waals surface area (Å²) < 4.78 is 0. The van der Waals surface area contributed by atoms with Gasteiger partial charge in [-0.2, -0.15) is 0 Å². The van der Waals surface area contributed by atoms with Gasteiger partial charge < -0.3 is 0 Å². The minimum Gasteiger partial charge on any atom is -0.260 e. The average Bonchev–Trinajstić information content (AvgIpc) is 3.07. The molecule has 1 heterocycles. The second-order valence-electron chi connectivity index (χ2n) is 6.43. The second kappa shape index (κ2) is 5.71. The lowest BCUT2D eigenvalue weighted by molar-refractivity contribution is 1.12. The standard InChI is InChI=1S/C24H17N/c1-3-9-17(10-4-1)21-16-25-22-15-19-13-7-8-14-20(19)24(22)23(21)18-11-5-2-6-12-18/h1-14,16H,15H2. The molecule has 0 unspecified atom stereocenters. The van der Waals surface area contributed by atoms with Crippen LogP contribution >= 0.6 is 0 Å². The maximum absolute atomic E-state index is 4.84. The lowest BCUT2D eigenvalue weighted by Crippen LogP contribution is -1.94. The molecule has 1 aliphatic carbocycles. The van der Waals surface area contributed by atoms with Crippen LogP contribution in [0.2, 0.25) is 0 Å². The molecule has 0 bridgehead atoms. The summed E-state index contributed by atoms with van der Waals surface area (Å²) in [5.41, 5.74) is 10.1. The molecule has 1 heteroatoms. The van der Waals surface area contributed by atoms with Gasteiger partial charge in [0.2, 0.25) is 0 Å². The summed E-state index contributed by atoms with van der Waals surface area (Å²) in [5, 5.41) is 0. The van der Waals surface area contributed by atoms with E-state index in [9.17, 15) is 0 Å². The van der Waals surface area contributed by atoms with Gasteiger partial charge in [-0.25, -0.2) is 0 Å². The molecular weight excluding hydrogens is 302 g/mol. The summed E-state index contributed by atoms with van der Waals surface area (Å²) >= 11 is 0. The average molecular weight is 319 g/mol. The van der Waals surface area contributed by atoms with Crippen molar-refractivity contribution >= 4 is 0 Å². The first kappa shape index (κ1) is 14.2. The lowest BCUT2D eigenvalue weighted by Gasteiger charge is -2.15. The fourth-order valence-corrected chi connectivity index (χ4v) is 3.81. The highest BCUT2D eigenvalue weighted by molar-refractivity contribution is 5.97. The molecule has 0 atom stereocenters. The van der Waals surface area contributed by atoms with Gasteiger partial charge in [0.15, 0.2) is 0 Å². The van der Waals surface area contributed by atoms with Crippen molar-refractivity contribution in [2.75, 3.05) is 0 Å². The first-order valence-corrected chi connectivity index (χ1v) is 8.63. The van der Waals surface area contributed by atoms with Crippen molar-refractivity contribution in [2.45, 2.75) is 6.42 Å². The van der Waals surface area contributed by atoms with Gasteiger partial charge in [0.05, 0.1) is 5.69 Å². The molecule has 1 nitrogen and oxygen atoms in total. The van der Waals surface area contributed by atoms with E-state index >= 15 is 0 Å². The molecule has 118 valence electrons. The van der Waals surface area contributed by atoms with E-state index in [-0.39, 0.29) is 0 Å². The molecule has 0 radical (unpaired) electrons. The largest absolute Gasteiger partial charge is 0.260 e. The van der Waals surface area contributed by atoms with Gasteiger partial charge in [-0.1, -0.05) is 84.9 Å². The first-order chi connectivity index (χ1) is 12.4. The Bertz CT molecular complexity index is 1050. The van der Waals surface area contributed by atoms with Crippen molar-refractivity contribution < 1.29 is 0 Å². The minimum atomic E-state index is 0.917. The molecule has 5 rings (SSSR count). The highest BCUT2D eigenvalue weighted by Crippen LogP contribution is 2.46. The first-order valence-electron chi connectivity index (χ1n) is 8.63. The highest BCUT2D eigenvalue weighted by Gasteiger charge is 2.25. The van der Waals surface area contributed by atoms with E-state index < -0.39 is 0 Å². The summed E-state index contributed by atoms with van der Waals surface area (Å²) in [6.45, 7) is 0. The number of hydrogen-bond donors (Lipinski definition) is 0. The van der Waals surface area contributed by atoms with Crippen molar-refractivity contribution in [1.29, 1.82) is 0 Å². The fraction of sp³-hybridized carbons (Fsp3) is 0.0417. The Labute approximate surface area is 147 Å². The van der Waals surface area contributed by atoms with Crippen molar-refractivity contribution in [1.82, 2.24) is 4.98 Å². The van der Waals surface area contributed by atoms with Crippen LogP contribution in [-0.4, -0.2) is 4.98 Å². The quantitative estimate of drug-likeness (QED) is 0.389. The van der Waals surface area contributed by atoms with E-state index in [0.29, 0.717) is 0 Å². The van der Waals surface area contributed by atoms with Crippen LogP contribution in [-0.2, 0) is 6.42 Å². The van der Waals surface area contributed by atoms with Crippen molar-refractivity contribution in [3.05, 3.63) is 102 Å². The molecule has 0 amide bonds. The number of fused-ring (bicyclic) bond motifs is 3. The van der Waals surface area contributed by atoms with Crippen LogP contribution < -0.4 is 0 Å². The molecule has 3 aromatic carbocycles. The normalized spacial score (nSPS) is 11.8. The summed E-state index contributed by atoms with van der Waals surface area (Å²) in [6, 6.07) is 29.9. The van der Waals surface area contributed by atoms with E-state index in [1.165, 1.54) is 44.6 Å². The van der Waals surface area contributed by atoms with E-state index in [4.69, 9.17) is 4.98 Å². The van der Waals surface area contributed by atoms with Crippen LogP contribution in [0.25, 0.3) is 33.4 Å². The number of pyridine rings is 1. The highest BCUT2D eigenvalue weighted by atomic mass is 14.7. The molecule has 0 saturated heterocycles. The molecule has 1 aliphatic rings. The fourth-order valence-electron chi connectivity index (χ4n) is 3.81. The maximum Gasteiger partial charge on any atom is 0.0532 e. The van der Waals surface area contributed by atoms with Crippen LogP contribution in [0.1, 0.15) is 11.3 Å². The molecule has 0 N–H and O–H groups in total. The summed E-state index contributed by atoms with van der Waals surface area (Å²) in [5.74, 6) is 0. The Balaban J connectivity index is 1.87. The number of nitrogens with zero attached hydrogens (tertiary/aromatic N) is 1. The molecule has 0 saturated carbocycles. The van der Waals surface area contributed by atoms with Crippen LogP contribution in [0.3, 0.4) is 0 Å². The molecule has 0 spiro atoms. The molecular formula is C24H17N. The third-order valence-electron chi connectivity index (χ3n) is 4.95. The van der Waals surface area contributed by atoms with Crippen molar-refractivity contribution in [3.63, 3.8) is 0 Å². The number of aromatic nitrogens is 1. The summed E-state index contributed by atoms with van der Waals surface area (Å²) in [6.07, 6.45) is 2.96. The molecule has 1 aromatic heterocycles. The third-order valence-corrected chi connectivity index (χ3v) is 4.95. The Morgan fingerprint density at radius 1 is 0.560 bits per heavy atom. The Hall–Kier alpha value is -3.19. The van der Waals surface area contributed by atoms with Gasteiger partial charge in [-0.15, -0.1) is 0 Å². The predicted octanol–water partition coefficient (Wildman–Crippen LogP) is 5.99. The Kier molecular flexibility index (Phi) is 3.24. The van der Waals surface area contributed by atoms with Crippen molar-refractivity contribution in [2.24, 2.45) is 0 Å². The van der Waals surface area contributed by atoms with Crippen LogP contribution in [0, 0.1) is 0 Å². The van der Waals surface area contributed by atoms with Gasteiger partial charge in [0.1, 0.15) is 0 Å². The summed E-state index contributed by atoms with van der Waals surface area (Å²) in [4.78, 5) is 4.84. The van der Waals surface area contributed by atoms with Gasteiger partial charge in [-0.05, 0) is 22.3 Å². The minimum absolute atomic E-state index is 0.917. The SMILES string of the molecule is c1ccc(-c2cnc3c(c2-c2ccccc2)-c2ccccc2C3)cc1. The zero-order chi connectivity index (χ0) is 16.6. The molecule has 0 aliphatic heterocycles.